The van der Waals surface area contributed by atoms with Gasteiger partial charge in [0.1, 0.15) is 5.82 Å². The first kappa shape index (κ1) is 16.7. The molecule has 24 heavy (non-hydrogen) atoms. The van der Waals surface area contributed by atoms with Crippen LogP contribution in [0.4, 0.5) is 0 Å². The van der Waals surface area contributed by atoms with Crippen LogP contribution < -0.4 is 5.32 Å². The van der Waals surface area contributed by atoms with Crippen LogP contribution in [-0.2, 0) is 24.2 Å². The molecular formula is C18H25N5O. The molecule has 0 radical (unpaired) electrons. The highest BCUT2D eigenvalue weighted by atomic mass is 16.1. The van der Waals surface area contributed by atoms with E-state index in [4.69, 9.17) is 6.42 Å². The second-order valence-electron chi connectivity index (χ2n) is 6.61. The zero-order valence-electron chi connectivity index (χ0n) is 14.1. The van der Waals surface area contributed by atoms with E-state index in [1.165, 1.54) is 30.8 Å². The SMILES string of the molecule is C#CCCC1(CCNC(=O)CCc2cnc3n2CCCCC3)N=N1. The number of rotatable bonds is 8. The van der Waals surface area contributed by atoms with Gasteiger partial charge in [0.2, 0.25) is 5.91 Å². The van der Waals surface area contributed by atoms with Gasteiger partial charge in [0.05, 0.1) is 0 Å². The summed E-state index contributed by atoms with van der Waals surface area (Å²) in [5.41, 5.74) is 0.863. The number of carbonyl (C=O) groups is 1. The average Bonchev–Trinajstić information content (AvgIpc) is 3.31. The lowest BCUT2D eigenvalue weighted by Gasteiger charge is -2.11. The van der Waals surface area contributed by atoms with E-state index in [9.17, 15) is 4.79 Å². The van der Waals surface area contributed by atoms with E-state index in [0.717, 1.165) is 32.2 Å². The van der Waals surface area contributed by atoms with Crippen LogP contribution in [0.5, 0.6) is 0 Å². The first-order valence-electron chi connectivity index (χ1n) is 8.90. The predicted molar refractivity (Wildman–Crippen MR) is 91.4 cm³/mol. The molecule has 1 aromatic heterocycles. The Hall–Kier alpha value is -2.16. The zero-order chi connectivity index (χ0) is 16.8. The molecule has 1 aromatic rings. The molecule has 6 nitrogen and oxygen atoms in total. The molecule has 6 heteroatoms. The maximum atomic E-state index is 12.1. The highest BCUT2D eigenvalue weighted by molar-refractivity contribution is 5.76. The van der Waals surface area contributed by atoms with Gasteiger partial charge in [-0.05, 0) is 19.3 Å². The Morgan fingerprint density at radius 3 is 3.00 bits per heavy atom. The average molecular weight is 327 g/mol. The molecule has 3 heterocycles. The predicted octanol–water partition coefficient (Wildman–Crippen LogP) is 2.62. The number of terminal acetylenes is 1. The van der Waals surface area contributed by atoms with Crippen molar-refractivity contribution in [3.05, 3.63) is 17.7 Å². The van der Waals surface area contributed by atoms with Gasteiger partial charge in [-0.3, -0.25) is 4.79 Å². The van der Waals surface area contributed by atoms with Gasteiger partial charge in [0.15, 0.2) is 5.66 Å². The number of amides is 1. The maximum absolute atomic E-state index is 12.1. The number of aromatic nitrogens is 2. The molecule has 0 bridgehead atoms. The summed E-state index contributed by atoms with van der Waals surface area (Å²) in [5, 5.41) is 11.1. The molecule has 1 amide bonds. The standard InChI is InChI=1S/C18H25N5O/c1-2-3-10-18(21-22-18)11-12-19-17(24)9-8-15-14-20-16-7-5-4-6-13-23(15)16/h1,14H,3-13H2,(H,19,24). The smallest absolute Gasteiger partial charge is 0.220 e. The molecule has 3 rings (SSSR count). The van der Waals surface area contributed by atoms with Crippen LogP contribution >= 0.6 is 0 Å². The van der Waals surface area contributed by atoms with Gasteiger partial charge in [-0.1, -0.05) is 6.42 Å². The molecule has 0 saturated carbocycles. The Balaban J connectivity index is 1.39. The van der Waals surface area contributed by atoms with Crippen molar-refractivity contribution in [3.8, 4) is 12.3 Å². The number of fused-ring (bicyclic) bond motifs is 1. The van der Waals surface area contributed by atoms with Gasteiger partial charge in [-0.25, -0.2) is 4.98 Å². The molecule has 0 unspecified atom stereocenters. The van der Waals surface area contributed by atoms with E-state index < -0.39 is 0 Å². The van der Waals surface area contributed by atoms with E-state index in [-0.39, 0.29) is 11.6 Å². The van der Waals surface area contributed by atoms with Crippen LogP contribution in [-0.4, -0.2) is 27.7 Å². The van der Waals surface area contributed by atoms with Crippen molar-refractivity contribution >= 4 is 5.91 Å². The fraction of sp³-hybridized carbons (Fsp3) is 0.667. The van der Waals surface area contributed by atoms with Crippen LogP contribution in [0.1, 0.15) is 56.5 Å². The molecule has 2 aliphatic rings. The van der Waals surface area contributed by atoms with Gasteiger partial charge in [-0.2, -0.15) is 10.2 Å². The number of nitrogens with one attached hydrogen (secondary N) is 1. The highest BCUT2D eigenvalue weighted by Gasteiger charge is 2.38. The van der Waals surface area contributed by atoms with Crippen molar-refractivity contribution < 1.29 is 4.79 Å². The fourth-order valence-corrected chi connectivity index (χ4v) is 3.26. The zero-order valence-corrected chi connectivity index (χ0v) is 14.1. The Morgan fingerprint density at radius 1 is 1.33 bits per heavy atom. The summed E-state index contributed by atoms with van der Waals surface area (Å²) in [6, 6.07) is 0. The van der Waals surface area contributed by atoms with Crippen molar-refractivity contribution in [1.29, 1.82) is 0 Å². The number of imidazole rings is 1. The summed E-state index contributed by atoms with van der Waals surface area (Å²) < 4.78 is 2.30. The van der Waals surface area contributed by atoms with Gasteiger partial charge >= 0.3 is 0 Å². The Labute approximate surface area is 143 Å². The fourth-order valence-electron chi connectivity index (χ4n) is 3.26. The third kappa shape index (κ3) is 4.22. The topological polar surface area (TPSA) is 71.6 Å². The van der Waals surface area contributed by atoms with Gasteiger partial charge in [-0.15, -0.1) is 12.3 Å². The van der Waals surface area contributed by atoms with Crippen molar-refractivity contribution in [2.24, 2.45) is 10.2 Å². The maximum Gasteiger partial charge on any atom is 0.220 e. The summed E-state index contributed by atoms with van der Waals surface area (Å²) in [4.78, 5) is 16.6. The molecule has 2 aliphatic heterocycles. The minimum absolute atomic E-state index is 0.0759. The molecule has 1 N–H and O–H groups in total. The van der Waals surface area contributed by atoms with E-state index in [1.807, 2.05) is 6.20 Å². The third-order valence-corrected chi connectivity index (χ3v) is 4.81. The van der Waals surface area contributed by atoms with E-state index in [1.54, 1.807) is 0 Å². The molecular weight excluding hydrogens is 302 g/mol. The summed E-state index contributed by atoms with van der Waals surface area (Å²) in [5.74, 6) is 3.86. The summed E-state index contributed by atoms with van der Waals surface area (Å²) >= 11 is 0. The molecule has 0 spiro atoms. The monoisotopic (exact) mass is 327 g/mol. The van der Waals surface area contributed by atoms with Gasteiger partial charge in [0, 0.05) is 57.1 Å². The van der Waals surface area contributed by atoms with Crippen molar-refractivity contribution in [1.82, 2.24) is 14.9 Å². The molecule has 0 fully saturated rings. The molecule has 128 valence electrons. The number of hydrogen-bond acceptors (Lipinski definition) is 4. The van der Waals surface area contributed by atoms with E-state index in [2.05, 4.69) is 31.0 Å². The number of nitrogens with zero attached hydrogens (tertiary/aromatic N) is 4. The highest BCUT2D eigenvalue weighted by Crippen LogP contribution is 2.36. The minimum atomic E-state index is -0.317. The van der Waals surface area contributed by atoms with Crippen LogP contribution in [0.2, 0.25) is 0 Å². The molecule has 0 aliphatic carbocycles. The number of hydrogen-bond donors (Lipinski definition) is 1. The summed E-state index contributed by atoms with van der Waals surface area (Å²) in [6.07, 6.45) is 15.4. The lowest BCUT2D eigenvalue weighted by molar-refractivity contribution is -0.121. The summed E-state index contributed by atoms with van der Waals surface area (Å²) in [7, 11) is 0. The van der Waals surface area contributed by atoms with Crippen molar-refractivity contribution in [2.75, 3.05) is 6.54 Å². The number of aryl methyl sites for hydroxylation is 2. The first-order chi connectivity index (χ1) is 11.7. The summed E-state index contributed by atoms with van der Waals surface area (Å²) in [6.45, 7) is 1.63. The van der Waals surface area contributed by atoms with E-state index >= 15 is 0 Å². The van der Waals surface area contributed by atoms with Crippen LogP contribution in [0.25, 0.3) is 0 Å². The van der Waals surface area contributed by atoms with Crippen molar-refractivity contribution in [2.45, 2.75) is 70.0 Å². The molecule has 0 saturated heterocycles. The normalized spacial score (nSPS) is 17.6. The van der Waals surface area contributed by atoms with Crippen LogP contribution in [0, 0.1) is 12.3 Å². The number of carbonyl (C=O) groups excluding carboxylic acids is 1. The lowest BCUT2D eigenvalue weighted by atomic mass is 10.0. The van der Waals surface area contributed by atoms with Crippen molar-refractivity contribution in [3.63, 3.8) is 0 Å². The van der Waals surface area contributed by atoms with E-state index in [0.29, 0.717) is 19.4 Å². The second-order valence-corrected chi connectivity index (χ2v) is 6.61. The quantitative estimate of drug-likeness (QED) is 0.746. The lowest BCUT2D eigenvalue weighted by Crippen LogP contribution is -2.28. The Morgan fingerprint density at radius 2 is 2.21 bits per heavy atom. The van der Waals surface area contributed by atoms with Crippen LogP contribution in [0.15, 0.2) is 16.4 Å². The Bertz CT molecular complexity index is 649. The Kier molecular flexibility index (Phi) is 5.29. The van der Waals surface area contributed by atoms with Gasteiger partial charge < -0.3 is 9.88 Å². The second kappa shape index (κ2) is 7.61. The van der Waals surface area contributed by atoms with Crippen LogP contribution in [0.3, 0.4) is 0 Å². The molecule has 0 aromatic carbocycles. The largest absolute Gasteiger partial charge is 0.356 e. The van der Waals surface area contributed by atoms with Gasteiger partial charge in [0.25, 0.3) is 0 Å². The first-order valence-corrected chi connectivity index (χ1v) is 8.90. The third-order valence-electron chi connectivity index (χ3n) is 4.81. The minimum Gasteiger partial charge on any atom is -0.356 e. The molecule has 0 atom stereocenters.